The highest BCUT2D eigenvalue weighted by atomic mass is 16.6. The first kappa shape index (κ1) is 15.1. The van der Waals surface area contributed by atoms with Crippen LogP contribution in [-0.4, -0.2) is 29.3 Å². The SMILES string of the molecule is CCCC(=O)Nc1ccc(Nc2ccc3c(c2)OCCO3)nn1. The van der Waals surface area contributed by atoms with Gasteiger partial charge < -0.3 is 20.1 Å². The van der Waals surface area contributed by atoms with Crippen molar-refractivity contribution >= 4 is 23.2 Å². The van der Waals surface area contributed by atoms with Crippen LogP contribution in [0.3, 0.4) is 0 Å². The summed E-state index contributed by atoms with van der Waals surface area (Å²) in [4.78, 5) is 11.5. The first-order valence-electron chi connectivity index (χ1n) is 7.55. The van der Waals surface area contributed by atoms with Crippen molar-refractivity contribution in [2.45, 2.75) is 19.8 Å². The normalized spacial score (nSPS) is 12.6. The molecule has 0 saturated carbocycles. The van der Waals surface area contributed by atoms with Crippen LogP contribution >= 0.6 is 0 Å². The van der Waals surface area contributed by atoms with Crippen LogP contribution in [0.5, 0.6) is 11.5 Å². The Morgan fingerprint density at radius 3 is 2.57 bits per heavy atom. The average Bonchev–Trinajstić information content (AvgIpc) is 2.57. The largest absolute Gasteiger partial charge is 0.486 e. The maximum Gasteiger partial charge on any atom is 0.225 e. The average molecular weight is 314 g/mol. The quantitative estimate of drug-likeness (QED) is 0.882. The van der Waals surface area contributed by atoms with Gasteiger partial charge >= 0.3 is 0 Å². The number of benzene rings is 1. The molecule has 0 radical (unpaired) electrons. The van der Waals surface area contributed by atoms with Crippen LogP contribution in [-0.2, 0) is 4.79 Å². The lowest BCUT2D eigenvalue weighted by Crippen LogP contribution is -2.15. The van der Waals surface area contributed by atoms with Crippen molar-refractivity contribution in [1.29, 1.82) is 0 Å². The molecule has 0 bridgehead atoms. The Labute approximate surface area is 134 Å². The van der Waals surface area contributed by atoms with Crippen LogP contribution in [0, 0.1) is 0 Å². The van der Waals surface area contributed by atoms with Crippen LogP contribution < -0.4 is 20.1 Å². The topological polar surface area (TPSA) is 85.4 Å². The molecule has 1 aliphatic rings. The molecule has 0 aliphatic carbocycles. The molecule has 0 atom stereocenters. The van der Waals surface area contributed by atoms with Gasteiger partial charge in [-0.05, 0) is 30.7 Å². The van der Waals surface area contributed by atoms with Gasteiger partial charge in [0.25, 0.3) is 0 Å². The fourth-order valence-corrected chi connectivity index (χ4v) is 2.17. The Morgan fingerprint density at radius 1 is 1.09 bits per heavy atom. The smallest absolute Gasteiger partial charge is 0.225 e. The Morgan fingerprint density at radius 2 is 1.83 bits per heavy atom. The molecule has 2 N–H and O–H groups in total. The van der Waals surface area contributed by atoms with Gasteiger partial charge in [0.05, 0.1) is 0 Å². The highest BCUT2D eigenvalue weighted by molar-refractivity contribution is 5.89. The molecule has 7 heteroatoms. The maximum absolute atomic E-state index is 11.5. The van der Waals surface area contributed by atoms with Gasteiger partial charge in [0, 0.05) is 18.2 Å². The third-order valence-electron chi connectivity index (χ3n) is 3.22. The first-order valence-corrected chi connectivity index (χ1v) is 7.55. The van der Waals surface area contributed by atoms with Crippen molar-refractivity contribution in [1.82, 2.24) is 10.2 Å². The fraction of sp³-hybridized carbons (Fsp3) is 0.312. The minimum atomic E-state index is -0.0608. The summed E-state index contributed by atoms with van der Waals surface area (Å²) in [6, 6.07) is 9.05. The van der Waals surface area contributed by atoms with Gasteiger partial charge in [0.15, 0.2) is 23.1 Å². The van der Waals surface area contributed by atoms with Crippen molar-refractivity contribution in [2.24, 2.45) is 0 Å². The number of nitrogens with zero attached hydrogens (tertiary/aromatic N) is 2. The minimum Gasteiger partial charge on any atom is -0.486 e. The van der Waals surface area contributed by atoms with E-state index >= 15 is 0 Å². The number of ether oxygens (including phenoxy) is 2. The Bertz CT molecular complexity index is 688. The van der Waals surface area contributed by atoms with Crippen molar-refractivity contribution < 1.29 is 14.3 Å². The number of carbonyl (C=O) groups is 1. The van der Waals surface area contributed by atoms with E-state index in [1.807, 2.05) is 25.1 Å². The number of anilines is 3. The second kappa shape index (κ2) is 6.95. The zero-order valence-corrected chi connectivity index (χ0v) is 12.8. The van der Waals surface area contributed by atoms with Crippen LogP contribution in [0.25, 0.3) is 0 Å². The summed E-state index contributed by atoms with van der Waals surface area (Å²) in [7, 11) is 0. The molecule has 23 heavy (non-hydrogen) atoms. The summed E-state index contributed by atoms with van der Waals surface area (Å²) in [6.07, 6.45) is 1.27. The van der Waals surface area contributed by atoms with Gasteiger partial charge in [0.1, 0.15) is 13.2 Å². The summed E-state index contributed by atoms with van der Waals surface area (Å²) < 4.78 is 11.0. The zero-order valence-electron chi connectivity index (χ0n) is 12.8. The van der Waals surface area contributed by atoms with Crippen LogP contribution in [0.15, 0.2) is 30.3 Å². The molecule has 120 valence electrons. The van der Waals surface area contributed by atoms with Gasteiger partial charge in [-0.3, -0.25) is 4.79 Å². The molecule has 1 aromatic heterocycles. The number of nitrogens with one attached hydrogen (secondary N) is 2. The number of carbonyl (C=O) groups excluding carboxylic acids is 1. The molecule has 7 nitrogen and oxygen atoms in total. The van der Waals surface area contributed by atoms with Crippen molar-refractivity contribution in [2.75, 3.05) is 23.8 Å². The molecule has 0 unspecified atom stereocenters. The molecule has 1 aliphatic heterocycles. The van der Waals surface area contributed by atoms with E-state index in [1.165, 1.54) is 0 Å². The van der Waals surface area contributed by atoms with Crippen LogP contribution in [0.1, 0.15) is 19.8 Å². The molecule has 2 aromatic rings. The first-order chi connectivity index (χ1) is 11.2. The van der Waals surface area contributed by atoms with Gasteiger partial charge in [-0.15, -0.1) is 10.2 Å². The molecule has 0 spiro atoms. The summed E-state index contributed by atoms with van der Waals surface area (Å²) in [5.41, 5.74) is 0.825. The number of hydrogen-bond acceptors (Lipinski definition) is 6. The van der Waals surface area contributed by atoms with E-state index in [2.05, 4.69) is 20.8 Å². The maximum atomic E-state index is 11.5. The summed E-state index contributed by atoms with van der Waals surface area (Å²) in [5.74, 6) is 2.40. The van der Waals surface area contributed by atoms with E-state index in [0.29, 0.717) is 37.0 Å². The predicted molar refractivity (Wildman–Crippen MR) is 86.3 cm³/mol. The molecular weight excluding hydrogens is 296 g/mol. The Hall–Kier alpha value is -2.83. The summed E-state index contributed by atoms with van der Waals surface area (Å²) >= 11 is 0. The van der Waals surface area contributed by atoms with E-state index in [-0.39, 0.29) is 5.91 Å². The van der Waals surface area contributed by atoms with Crippen molar-refractivity contribution in [3.05, 3.63) is 30.3 Å². The molecular formula is C16H18N4O3. The molecule has 2 heterocycles. The van der Waals surface area contributed by atoms with E-state index in [9.17, 15) is 4.79 Å². The molecule has 1 aromatic carbocycles. The standard InChI is InChI=1S/C16H18N4O3/c1-2-3-16(21)18-15-7-6-14(19-20-15)17-11-4-5-12-13(10-11)23-9-8-22-12/h4-7,10H,2-3,8-9H2,1H3,(H,17,19)(H,18,20,21). The predicted octanol–water partition coefficient (Wildman–Crippen LogP) is 2.73. The van der Waals surface area contributed by atoms with Crippen LogP contribution in [0.4, 0.5) is 17.3 Å². The number of aromatic nitrogens is 2. The number of fused-ring (bicyclic) bond motifs is 1. The second-order valence-electron chi connectivity index (χ2n) is 5.09. The van der Waals surface area contributed by atoms with E-state index in [4.69, 9.17) is 9.47 Å². The molecule has 0 saturated heterocycles. The third-order valence-corrected chi connectivity index (χ3v) is 3.22. The molecule has 1 amide bonds. The minimum absolute atomic E-state index is 0.0608. The third kappa shape index (κ3) is 3.88. The molecule has 0 fully saturated rings. The number of rotatable bonds is 5. The summed E-state index contributed by atoms with van der Waals surface area (Å²) in [6.45, 7) is 3.06. The van der Waals surface area contributed by atoms with E-state index in [1.54, 1.807) is 12.1 Å². The van der Waals surface area contributed by atoms with Gasteiger partial charge in [-0.1, -0.05) is 6.92 Å². The number of hydrogen-bond donors (Lipinski definition) is 2. The van der Waals surface area contributed by atoms with Gasteiger partial charge in [-0.25, -0.2) is 0 Å². The lowest BCUT2D eigenvalue weighted by molar-refractivity contribution is -0.116. The van der Waals surface area contributed by atoms with Gasteiger partial charge in [0.2, 0.25) is 5.91 Å². The van der Waals surface area contributed by atoms with E-state index in [0.717, 1.165) is 17.9 Å². The van der Waals surface area contributed by atoms with Crippen molar-refractivity contribution in [3.8, 4) is 11.5 Å². The Balaban J connectivity index is 1.65. The fourth-order valence-electron chi connectivity index (χ4n) is 2.17. The zero-order chi connectivity index (χ0) is 16.1. The lowest BCUT2D eigenvalue weighted by Gasteiger charge is -2.19. The van der Waals surface area contributed by atoms with Crippen LogP contribution in [0.2, 0.25) is 0 Å². The van der Waals surface area contributed by atoms with Gasteiger partial charge in [-0.2, -0.15) is 0 Å². The number of amides is 1. The van der Waals surface area contributed by atoms with E-state index < -0.39 is 0 Å². The highest BCUT2D eigenvalue weighted by Gasteiger charge is 2.12. The second-order valence-corrected chi connectivity index (χ2v) is 5.09. The highest BCUT2D eigenvalue weighted by Crippen LogP contribution is 2.33. The lowest BCUT2D eigenvalue weighted by atomic mass is 10.2. The Kier molecular flexibility index (Phi) is 4.56. The summed E-state index contributed by atoms with van der Waals surface area (Å²) in [5, 5.41) is 13.9. The van der Waals surface area contributed by atoms with Crippen molar-refractivity contribution in [3.63, 3.8) is 0 Å². The molecule has 3 rings (SSSR count). The monoisotopic (exact) mass is 314 g/mol.